The van der Waals surface area contributed by atoms with Crippen LogP contribution in [0.25, 0.3) is 0 Å². The number of rotatable bonds is 0. The average molecular weight is 286 g/mol. The summed E-state index contributed by atoms with van der Waals surface area (Å²) in [6.07, 6.45) is -0.113. The lowest BCUT2D eigenvalue weighted by Gasteiger charge is -2.20. The van der Waals surface area contributed by atoms with Gasteiger partial charge >= 0.3 is 6.18 Å². The van der Waals surface area contributed by atoms with Crippen LogP contribution in [0.5, 0.6) is 0 Å². The van der Waals surface area contributed by atoms with Crippen molar-refractivity contribution in [2.45, 2.75) is 44.7 Å². The van der Waals surface area contributed by atoms with Crippen molar-refractivity contribution in [1.29, 1.82) is 5.26 Å². The number of nitriles is 1. The summed E-state index contributed by atoms with van der Waals surface area (Å²) in [7, 11) is 0. The summed E-state index contributed by atoms with van der Waals surface area (Å²) in [5.74, 6) is 0. The van der Waals surface area contributed by atoms with Gasteiger partial charge in [-0.05, 0) is 31.2 Å². The number of nitrogens with zero attached hydrogens (tertiary/aromatic N) is 1. The van der Waals surface area contributed by atoms with Gasteiger partial charge in [0.05, 0.1) is 11.1 Å². The van der Waals surface area contributed by atoms with Gasteiger partial charge in [-0.2, -0.15) is 18.4 Å². The fourth-order valence-corrected chi connectivity index (χ4v) is 2.83. The summed E-state index contributed by atoms with van der Waals surface area (Å²) in [4.78, 5) is 2.82. The molecule has 0 atom stereocenters. The van der Waals surface area contributed by atoms with Crippen molar-refractivity contribution < 1.29 is 13.2 Å². The third-order valence-corrected chi connectivity index (χ3v) is 3.71. The zero-order valence-corrected chi connectivity index (χ0v) is 11.0. The number of aromatic amines is 1. The topological polar surface area (TPSA) is 39.6 Å². The van der Waals surface area contributed by atoms with E-state index >= 15 is 0 Å². The number of halogens is 3. The standard InChI is InChI=1S/C13H13F3N2S/c14-13(15,16)11-8-5-3-1-2-4-6-10(8)18-12(19)9(11)7-17/h1-6H2,(H,18,19). The quantitative estimate of drug-likeness (QED) is 0.722. The fourth-order valence-electron chi connectivity index (χ4n) is 2.56. The van der Waals surface area contributed by atoms with Crippen LogP contribution in [-0.4, -0.2) is 4.98 Å². The van der Waals surface area contributed by atoms with E-state index in [0.717, 1.165) is 19.3 Å². The van der Waals surface area contributed by atoms with Crippen LogP contribution in [0.1, 0.15) is 48.1 Å². The molecule has 0 aliphatic heterocycles. The van der Waals surface area contributed by atoms with Crippen molar-refractivity contribution in [2.24, 2.45) is 0 Å². The van der Waals surface area contributed by atoms with E-state index in [-0.39, 0.29) is 10.2 Å². The third-order valence-electron chi connectivity index (χ3n) is 3.41. The monoisotopic (exact) mass is 286 g/mol. The number of aryl methyl sites for hydroxylation is 1. The Morgan fingerprint density at radius 3 is 2.32 bits per heavy atom. The Balaban J connectivity index is 2.73. The van der Waals surface area contributed by atoms with Gasteiger partial charge in [-0.1, -0.05) is 25.1 Å². The Bertz CT molecular complexity index is 581. The Kier molecular flexibility index (Phi) is 3.95. The summed E-state index contributed by atoms with van der Waals surface area (Å²) in [5.41, 5.74) is -0.481. The van der Waals surface area contributed by atoms with Crippen LogP contribution < -0.4 is 0 Å². The minimum atomic E-state index is -4.53. The maximum Gasteiger partial charge on any atom is 0.418 e. The molecule has 0 saturated carbocycles. The van der Waals surface area contributed by atoms with Crippen LogP contribution in [0.4, 0.5) is 13.2 Å². The second-order valence-corrected chi connectivity index (χ2v) is 5.09. The Morgan fingerprint density at radius 2 is 1.74 bits per heavy atom. The van der Waals surface area contributed by atoms with Gasteiger partial charge in [-0.25, -0.2) is 0 Å². The molecule has 0 amide bonds. The molecule has 1 heterocycles. The molecule has 0 spiro atoms. The zero-order valence-electron chi connectivity index (χ0n) is 10.2. The van der Waals surface area contributed by atoms with E-state index in [1.165, 1.54) is 0 Å². The SMILES string of the molecule is N#Cc1c(C(F)(F)F)c2c([nH]c1=S)CCCCCC2. The number of pyridine rings is 1. The largest absolute Gasteiger partial charge is 0.418 e. The van der Waals surface area contributed by atoms with Crippen LogP contribution in [-0.2, 0) is 19.0 Å². The second-order valence-electron chi connectivity index (χ2n) is 4.69. The van der Waals surface area contributed by atoms with Gasteiger partial charge in [-0.3, -0.25) is 0 Å². The van der Waals surface area contributed by atoms with E-state index in [2.05, 4.69) is 4.98 Å². The molecule has 6 heteroatoms. The van der Waals surface area contributed by atoms with Gasteiger partial charge in [-0.15, -0.1) is 0 Å². The van der Waals surface area contributed by atoms with Gasteiger partial charge in [0.2, 0.25) is 0 Å². The van der Waals surface area contributed by atoms with Crippen molar-refractivity contribution in [3.8, 4) is 6.07 Å². The van der Waals surface area contributed by atoms with Crippen LogP contribution in [0.2, 0.25) is 0 Å². The summed E-state index contributed by atoms with van der Waals surface area (Å²) < 4.78 is 39.6. The van der Waals surface area contributed by atoms with Crippen LogP contribution >= 0.6 is 12.2 Å². The first-order valence-electron chi connectivity index (χ1n) is 6.20. The first-order valence-corrected chi connectivity index (χ1v) is 6.61. The van der Waals surface area contributed by atoms with Crippen molar-refractivity contribution >= 4 is 12.2 Å². The number of hydrogen-bond acceptors (Lipinski definition) is 2. The summed E-state index contributed by atoms with van der Waals surface area (Å²) in [5, 5.41) is 8.95. The molecule has 1 aromatic rings. The van der Waals surface area contributed by atoms with E-state index < -0.39 is 17.3 Å². The fraction of sp³-hybridized carbons (Fsp3) is 0.538. The molecule has 2 nitrogen and oxygen atoms in total. The van der Waals surface area contributed by atoms with Gasteiger partial charge in [0.15, 0.2) is 0 Å². The highest BCUT2D eigenvalue weighted by Crippen LogP contribution is 2.37. The molecule has 0 bridgehead atoms. The van der Waals surface area contributed by atoms with E-state index in [1.54, 1.807) is 6.07 Å². The third kappa shape index (κ3) is 2.81. The first-order chi connectivity index (χ1) is 8.95. The van der Waals surface area contributed by atoms with Crippen molar-refractivity contribution in [3.05, 3.63) is 27.0 Å². The predicted octanol–water partition coefficient (Wildman–Crippen LogP) is 4.29. The van der Waals surface area contributed by atoms with Gasteiger partial charge < -0.3 is 4.98 Å². The molecular formula is C13H13F3N2S. The van der Waals surface area contributed by atoms with Crippen LogP contribution in [0.15, 0.2) is 0 Å². The molecule has 1 aliphatic carbocycles. The number of alkyl halides is 3. The van der Waals surface area contributed by atoms with E-state index in [1.807, 2.05) is 0 Å². The lowest BCUT2D eigenvalue weighted by Crippen LogP contribution is -2.17. The molecule has 0 aromatic carbocycles. The van der Waals surface area contributed by atoms with Gasteiger partial charge in [0.25, 0.3) is 0 Å². The number of fused-ring (bicyclic) bond motifs is 1. The van der Waals surface area contributed by atoms with E-state index in [9.17, 15) is 13.2 Å². The molecule has 19 heavy (non-hydrogen) atoms. The molecule has 102 valence electrons. The minimum Gasteiger partial charge on any atom is -0.349 e. The average Bonchev–Trinajstić information content (AvgIpc) is 2.29. The Morgan fingerprint density at radius 1 is 1.11 bits per heavy atom. The van der Waals surface area contributed by atoms with Crippen molar-refractivity contribution in [3.63, 3.8) is 0 Å². The summed E-state index contributed by atoms with van der Waals surface area (Å²) in [6.45, 7) is 0. The summed E-state index contributed by atoms with van der Waals surface area (Å²) >= 11 is 4.89. The predicted molar refractivity (Wildman–Crippen MR) is 67.2 cm³/mol. The lowest BCUT2D eigenvalue weighted by atomic mass is 9.91. The van der Waals surface area contributed by atoms with Crippen molar-refractivity contribution in [2.75, 3.05) is 0 Å². The van der Waals surface area contributed by atoms with Gasteiger partial charge in [0, 0.05) is 5.69 Å². The number of H-pyrrole nitrogens is 1. The number of nitrogens with one attached hydrogen (secondary N) is 1. The highest BCUT2D eigenvalue weighted by molar-refractivity contribution is 7.71. The molecule has 1 N–H and O–H groups in total. The number of hydrogen-bond donors (Lipinski definition) is 1. The highest BCUT2D eigenvalue weighted by atomic mass is 32.1. The molecule has 0 fully saturated rings. The lowest BCUT2D eigenvalue weighted by molar-refractivity contribution is -0.138. The Labute approximate surface area is 114 Å². The van der Waals surface area contributed by atoms with Gasteiger partial charge in [0.1, 0.15) is 10.7 Å². The first kappa shape index (κ1) is 14.1. The summed E-state index contributed by atoms with van der Waals surface area (Å²) in [6, 6.07) is 1.60. The zero-order chi connectivity index (χ0) is 14.0. The second kappa shape index (κ2) is 5.33. The normalized spacial score (nSPS) is 16.1. The maximum atomic E-state index is 13.2. The molecule has 2 rings (SSSR count). The Hall–Kier alpha value is -1.35. The highest BCUT2D eigenvalue weighted by Gasteiger charge is 2.38. The molecular weight excluding hydrogens is 273 g/mol. The molecule has 1 aromatic heterocycles. The van der Waals surface area contributed by atoms with Crippen LogP contribution in [0.3, 0.4) is 0 Å². The number of aromatic nitrogens is 1. The molecule has 0 radical (unpaired) electrons. The van der Waals surface area contributed by atoms with E-state index in [4.69, 9.17) is 17.5 Å². The minimum absolute atomic E-state index is 0.103. The molecule has 0 unspecified atom stereocenters. The smallest absolute Gasteiger partial charge is 0.349 e. The van der Waals surface area contributed by atoms with Crippen molar-refractivity contribution in [1.82, 2.24) is 4.98 Å². The molecule has 0 saturated heterocycles. The maximum absolute atomic E-state index is 13.2. The molecule has 1 aliphatic rings. The van der Waals surface area contributed by atoms with Crippen LogP contribution in [0, 0.1) is 16.0 Å². The van der Waals surface area contributed by atoms with E-state index in [0.29, 0.717) is 25.0 Å².